The molecule has 0 bridgehead atoms. The van der Waals surface area contributed by atoms with Crippen molar-refractivity contribution in [3.8, 4) is 5.75 Å². The van der Waals surface area contributed by atoms with Crippen molar-refractivity contribution in [1.82, 2.24) is 5.32 Å². The third-order valence-corrected chi connectivity index (χ3v) is 4.48. The van der Waals surface area contributed by atoms with E-state index in [2.05, 4.69) is 19.2 Å². The third kappa shape index (κ3) is 4.24. The zero-order valence-corrected chi connectivity index (χ0v) is 12.2. The van der Waals surface area contributed by atoms with Gasteiger partial charge < -0.3 is 10.4 Å². The first kappa shape index (κ1) is 14.4. The second-order valence-electron chi connectivity index (χ2n) is 5.98. The maximum atomic E-state index is 9.27. The van der Waals surface area contributed by atoms with Crippen molar-refractivity contribution in [2.45, 2.75) is 64.5 Å². The second-order valence-corrected chi connectivity index (χ2v) is 5.98. The van der Waals surface area contributed by atoms with E-state index >= 15 is 0 Å². The number of hydrogen-bond donors (Lipinski definition) is 2. The summed E-state index contributed by atoms with van der Waals surface area (Å²) in [6.45, 7) is 4.61. The van der Waals surface area contributed by atoms with Crippen molar-refractivity contribution < 1.29 is 5.11 Å². The van der Waals surface area contributed by atoms with E-state index in [1.807, 2.05) is 12.1 Å². The largest absolute Gasteiger partial charge is 0.508 e. The average molecular weight is 261 g/mol. The summed E-state index contributed by atoms with van der Waals surface area (Å²) in [4.78, 5) is 0. The molecule has 0 radical (unpaired) electrons. The maximum Gasteiger partial charge on any atom is 0.115 e. The molecule has 1 fully saturated rings. The molecule has 19 heavy (non-hydrogen) atoms. The SMILES string of the molecule is CCC1CCCC1NC(C)CCc1ccc(O)cc1. The average Bonchev–Trinajstić information content (AvgIpc) is 2.85. The van der Waals surface area contributed by atoms with E-state index < -0.39 is 0 Å². The van der Waals surface area contributed by atoms with Crippen LogP contribution in [-0.2, 0) is 6.42 Å². The van der Waals surface area contributed by atoms with E-state index in [4.69, 9.17) is 0 Å². The summed E-state index contributed by atoms with van der Waals surface area (Å²) in [5.41, 5.74) is 1.31. The number of nitrogens with one attached hydrogen (secondary N) is 1. The number of phenols is 1. The Balaban J connectivity index is 1.75. The van der Waals surface area contributed by atoms with Gasteiger partial charge in [-0.25, -0.2) is 0 Å². The standard InChI is InChI=1S/C17H27NO/c1-3-15-5-4-6-17(15)18-13(2)7-8-14-9-11-16(19)12-10-14/h9-13,15,17-19H,3-8H2,1-2H3. The van der Waals surface area contributed by atoms with Gasteiger partial charge in [0.05, 0.1) is 0 Å². The number of hydrogen-bond acceptors (Lipinski definition) is 2. The highest BCUT2D eigenvalue weighted by Crippen LogP contribution is 2.28. The predicted molar refractivity (Wildman–Crippen MR) is 80.4 cm³/mol. The van der Waals surface area contributed by atoms with Crippen LogP contribution in [0.1, 0.15) is 51.5 Å². The van der Waals surface area contributed by atoms with Gasteiger partial charge in [-0.15, -0.1) is 0 Å². The van der Waals surface area contributed by atoms with Crippen molar-refractivity contribution in [2.24, 2.45) is 5.92 Å². The van der Waals surface area contributed by atoms with E-state index in [0.29, 0.717) is 11.8 Å². The van der Waals surface area contributed by atoms with Crippen molar-refractivity contribution in [3.05, 3.63) is 29.8 Å². The highest BCUT2D eigenvalue weighted by atomic mass is 16.3. The van der Waals surface area contributed by atoms with E-state index in [9.17, 15) is 5.11 Å². The van der Waals surface area contributed by atoms with Crippen molar-refractivity contribution in [2.75, 3.05) is 0 Å². The molecule has 0 spiro atoms. The van der Waals surface area contributed by atoms with E-state index in [1.165, 1.54) is 31.2 Å². The topological polar surface area (TPSA) is 32.3 Å². The molecule has 0 saturated heterocycles. The van der Waals surface area contributed by atoms with Crippen LogP contribution in [0.2, 0.25) is 0 Å². The molecular formula is C17H27NO. The van der Waals surface area contributed by atoms with Crippen LogP contribution in [0.4, 0.5) is 0 Å². The minimum Gasteiger partial charge on any atom is -0.508 e. The van der Waals surface area contributed by atoms with Gasteiger partial charge in [-0.05, 0) is 56.2 Å². The van der Waals surface area contributed by atoms with Gasteiger partial charge in [0.1, 0.15) is 5.75 Å². The minimum absolute atomic E-state index is 0.353. The smallest absolute Gasteiger partial charge is 0.115 e. The number of benzene rings is 1. The molecule has 0 aliphatic heterocycles. The fourth-order valence-corrected chi connectivity index (χ4v) is 3.24. The lowest BCUT2D eigenvalue weighted by atomic mass is 9.99. The summed E-state index contributed by atoms with van der Waals surface area (Å²) in [7, 11) is 0. The van der Waals surface area contributed by atoms with Crippen LogP contribution in [0.3, 0.4) is 0 Å². The molecule has 2 heteroatoms. The molecule has 1 aromatic carbocycles. The monoisotopic (exact) mass is 261 g/mol. The number of phenolic OH excluding ortho intramolecular Hbond substituents is 1. The van der Waals surface area contributed by atoms with Gasteiger partial charge in [0.15, 0.2) is 0 Å². The van der Waals surface area contributed by atoms with Crippen LogP contribution in [-0.4, -0.2) is 17.2 Å². The Hall–Kier alpha value is -1.02. The first-order chi connectivity index (χ1) is 9.19. The molecule has 2 N–H and O–H groups in total. The molecule has 0 heterocycles. The van der Waals surface area contributed by atoms with Crippen LogP contribution in [0.25, 0.3) is 0 Å². The molecule has 0 amide bonds. The number of aryl methyl sites for hydroxylation is 1. The molecule has 3 unspecified atom stereocenters. The van der Waals surface area contributed by atoms with Gasteiger partial charge >= 0.3 is 0 Å². The Morgan fingerprint density at radius 2 is 2.00 bits per heavy atom. The highest BCUT2D eigenvalue weighted by Gasteiger charge is 2.26. The van der Waals surface area contributed by atoms with Gasteiger partial charge in [-0.2, -0.15) is 0 Å². The van der Waals surface area contributed by atoms with Crippen LogP contribution >= 0.6 is 0 Å². The van der Waals surface area contributed by atoms with Crippen LogP contribution in [0.15, 0.2) is 24.3 Å². The van der Waals surface area contributed by atoms with Crippen LogP contribution in [0.5, 0.6) is 5.75 Å². The second kappa shape index (κ2) is 6.95. The van der Waals surface area contributed by atoms with Gasteiger partial charge in [0.25, 0.3) is 0 Å². The van der Waals surface area contributed by atoms with Gasteiger partial charge in [-0.3, -0.25) is 0 Å². The van der Waals surface area contributed by atoms with Gasteiger partial charge in [0.2, 0.25) is 0 Å². The van der Waals surface area contributed by atoms with E-state index in [-0.39, 0.29) is 0 Å². The molecule has 3 atom stereocenters. The fourth-order valence-electron chi connectivity index (χ4n) is 3.24. The molecule has 1 aliphatic rings. The molecule has 1 saturated carbocycles. The number of aromatic hydroxyl groups is 1. The fraction of sp³-hybridized carbons (Fsp3) is 0.647. The first-order valence-electron chi connectivity index (χ1n) is 7.73. The van der Waals surface area contributed by atoms with Crippen molar-refractivity contribution in [3.63, 3.8) is 0 Å². The Morgan fingerprint density at radius 1 is 1.26 bits per heavy atom. The van der Waals surface area contributed by atoms with Crippen molar-refractivity contribution >= 4 is 0 Å². The summed E-state index contributed by atoms with van der Waals surface area (Å²) in [5, 5.41) is 13.1. The lowest BCUT2D eigenvalue weighted by Gasteiger charge is -2.24. The van der Waals surface area contributed by atoms with Crippen LogP contribution < -0.4 is 5.32 Å². The number of rotatable bonds is 6. The molecule has 106 valence electrons. The molecular weight excluding hydrogens is 234 g/mol. The molecule has 1 aliphatic carbocycles. The third-order valence-electron chi connectivity index (χ3n) is 4.48. The van der Waals surface area contributed by atoms with E-state index in [0.717, 1.165) is 24.8 Å². The first-order valence-corrected chi connectivity index (χ1v) is 7.73. The lowest BCUT2D eigenvalue weighted by molar-refractivity contribution is 0.348. The highest BCUT2D eigenvalue weighted by molar-refractivity contribution is 5.25. The normalized spacial score (nSPS) is 24.5. The Morgan fingerprint density at radius 3 is 2.68 bits per heavy atom. The Bertz CT molecular complexity index is 373. The summed E-state index contributed by atoms with van der Waals surface area (Å²) in [5.74, 6) is 1.24. The minimum atomic E-state index is 0.353. The molecule has 1 aromatic rings. The zero-order chi connectivity index (χ0) is 13.7. The molecule has 2 nitrogen and oxygen atoms in total. The Labute approximate surface area is 117 Å². The summed E-state index contributed by atoms with van der Waals surface area (Å²) in [6, 6.07) is 8.90. The summed E-state index contributed by atoms with van der Waals surface area (Å²) in [6.07, 6.45) is 7.69. The van der Waals surface area contributed by atoms with Gasteiger partial charge in [-0.1, -0.05) is 31.9 Å². The summed E-state index contributed by atoms with van der Waals surface area (Å²) < 4.78 is 0. The molecule has 0 aromatic heterocycles. The van der Waals surface area contributed by atoms with Crippen LogP contribution in [0, 0.1) is 5.92 Å². The lowest BCUT2D eigenvalue weighted by Crippen LogP contribution is -2.38. The quantitative estimate of drug-likeness (QED) is 0.814. The van der Waals surface area contributed by atoms with Gasteiger partial charge in [0, 0.05) is 12.1 Å². The summed E-state index contributed by atoms with van der Waals surface area (Å²) >= 11 is 0. The maximum absolute atomic E-state index is 9.27. The molecule has 2 rings (SSSR count). The Kier molecular flexibility index (Phi) is 5.26. The van der Waals surface area contributed by atoms with Crippen molar-refractivity contribution in [1.29, 1.82) is 0 Å². The zero-order valence-electron chi connectivity index (χ0n) is 12.2. The van der Waals surface area contributed by atoms with E-state index in [1.54, 1.807) is 12.1 Å². The predicted octanol–water partition coefficient (Wildman–Crippen LogP) is 3.88.